The Labute approximate surface area is 154 Å². The zero-order valence-electron chi connectivity index (χ0n) is 14.2. The summed E-state index contributed by atoms with van der Waals surface area (Å²) in [7, 11) is 1.48. The Balaban J connectivity index is 2.03. The fraction of sp³-hybridized carbons (Fsp3) is 0.222. The lowest BCUT2D eigenvalue weighted by Crippen LogP contribution is -2.32. The van der Waals surface area contributed by atoms with Gasteiger partial charge in [-0.2, -0.15) is 0 Å². The highest BCUT2D eigenvalue weighted by atomic mass is 35.5. The summed E-state index contributed by atoms with van der Waals surface area (Å²) < 4.78 is 31.1. The van der Waals surface area contributed by atoms with Crippen molar-refractivity contribution in [2.45, 2.75) is 13.3 Å². The van der Waals surface area contributed by atoms with Gasteiger partial charge in [-0.15, -0.1) is 0 Å². The van der Waals surface area contributed by atoms with Crippen LogP contribution < -0.4 is 15.0 Å². The Morgan fingerprint density at radius 3 is 2.46 bits per heavy atom. The molecule has 5 nitrogen and oxygen atoms in total. The van der Waals surface area contributed by atoms with Gasteiger partial charge < -0.3 is 15.0 Å². The van der Waals surface area contributed by atoms with Crippen LogP contribution in [-0.2, 0) is 9.59 Å². The van der Waals surface area contributed by atoms with Crippen molar-refractivity contribution in [3.63, 3.8) is 0 Å². The number of amides is 2. The van der Waals surface area contributed by atoms with Crippen molar-refractivity contribution in [1.29, 1.82) is 0 Å². The molecule has 0 heterocycles. The predicted octanol–water partition coefficient (Wildman–Crippen LogP) is 4.01. The van der Waals surface area contributed by atoms with Gasteiger partial charge in [-0.1, -0.05) is 11.6 Å². The van der Waals surface area contributed by atoms with E-state index in [4.69, 9.17) is 16.3 Å². The molecule has 2 aromatic rings. The van der Waals surface area contributed by atoms with Crippen LogP contribution in [0.2, 0.25) is 5.02 Å². The molecular weight excluding hydrogens is 366 g/mol. The number of benzene rings is 2. The van der Waals surface area contributed by atoms with Crippen molar-refractivity contribution in [2.75, 3.05) is 23.9 Å². The van der Waals surface area contributed by atoms with Gasteiger partial charge in [0.2, 0.25) is 11.8 Å². The Bertz CT molecular complexity index is 830. The number of ether oxygens (including phenoxy) is 1. The van der Waals surface area contributed by atoms with Crippen LogP contribution in [0.3, 0.4) is 0 Å². The number of hydrogen-bond acceptors (Lipinski definition) is 3. The van der Waals surface area contributed by atoms with E-state index in [0.717, 1.165) is 12.1 Å². The summed E-state index contributed by atoms with van der Waals surface area (Å²) in [6.45, 7) is 1.46. The Morgan fingerprint density at radius 2 is 1.88 bits per heavy atom. The fourth-order valence-electron chi connectivity index (χ4n) is 2.30. The number of carbonyl (C=O) groups excluding carboxylic acids is 2. The molecule has 0 atom stereocenters. The van der Waals surface area contributed by atoms with E-state index in [1.54, 1.807) is 18.2 Å². The van der Waals surface area contributed by atoms with Crippen molar-refractivity contribution in [3.8, 4) is 5.75 Å². The van der Waals surface area contributed by atoms with E-state index in [1.165, 1.54) is 25.0 Å². The second kappa shape index (κ2) is 8.62. The van der Waals surface area contributed by atoms with Crippen LogP contribution in [-0.4, -0.2) is 25.5 Å². The maximum absolute atomic E-state index is 13.2. The van der Waals surface area contributed by atoms with Crippen LogP contribution in [0.5, 0.6) is 5.75 Å². The average molecular weight is 383 g/mol. The summed E-state index contributed by atoms with van der Waals surface area (Å²) in [6, 6.07) is 7.90. The molecule has 2 aromatic carbocycles. The molecule has 0 unspecified atom stereocenters. The summed E-state index contributed by atoms with van der Waals surface area (Å²) >= 11 is 6.07. The number of carbonyl (C=O) groups is 2. The summed E-state index contributed by atoms with van der Waals surface area (Å²) in [6.07, 6.45) is -0.0395. The minimum absolute atomic E-state index is 0.0395. The smallest absolute Gasteiger partial charge is 0.226 e. The molecule has 138 valence electrons. The largest absolute Gasteiger partial charge is 0.495 e. The standard InChI is InChI=1S/C18H17ClF2N2O3/c1-11(24)23(13-4-6-17(26-2)14(19)10-13)8-7-18(25)22-12-3-5-15(20)16(21)9-12/h3-6,9-10H,7-8H2,1-2H3,(H,22,25). The molecular formula is C18H17ClF2N2O3. The molecule has 2 amide bonds. The molecule has 0 bridgehead atoms. The number of rotatable bonds is 6. The third-order valence-corrected chi connectivity index (χ3v) is 3.89. The Hall–Kier alpha value is -2.67. The van der Waals surface area contributed by atoms with Crippen molar-refractivity contribution in [3.05, 3.63) is 53.1 Å². The summed E-state index contributed by atoms with van der Waals surface area (Å²) in [5.74, 6) is -2.30. The van der Waals surface area contributed by atoms with Crippen LogP contribution in [0.4, 0.5) is 20.2 Å². The molecule has 0 radical (unpaired) electrons. The van der Waals surface area contributed by atoms with E-state index in [-0.39, 0.29) is 24.6 Å². The monoisotopic (exact) mass is 382 g/mol. The number of halogens is 3. The van der Waals surface area contributed by atoms with Gasteiger partial charge in [0.05, 0.1) is 12.1 Å². The molecule has 0 spiro atoms. The second-order valence-corrected chi connectivity index (χ2v) is 5.82. The lowest BCUT2D eigenvalue weighted by atomic mass is 10.2. The molecule has 0 fully saturated rings. The minimum Gasteiger partial charge on any atom is -0.495 e. The number of methoxy groups -OCH3 is 1. The van der Waals surface area contributed by atoms with Gasteiger partial charge in [-0.05, 0) is 30.3 Å². The second-order valence-electron chi connectivity index (χ2n) is 5.42. The van der Waals surface area contributed by atoms with Gasteiger partial charge in [0.15, 0.2) is 11.6 Å². The van der Waals surface area contributed by atoms with Gasteiger partial charge >= 0.3 is 0 Å². The normalized spacial score (nSPS) is 10.3. The Kier molecular flexibility index (Phi) is 6.52. The Morgan fingerprint density at radius 1 is 1.15 bits per heavy atom. The van der Waals surface area contributed by atoms with Gasteiger partial charge in [0.25, 0.3) is 0 Å². The van der Waals surface area contributed by atoms with Crippen molar-refractivity contribution < 1.29 is 23.1 Å². The molecule has 0 aliphatic carbocycles. The topological polar surface area (TPSA) is 58.6 Å². The molecule has 0 aliphatic heterocycles. The lowest BCUT2D eigenvalue weighted by molar-refractivity contribution is -0.117. The zero-order chi connectivity index (χ0) is 19.3. The minimum atomic E-state index is -1.05. The highest BCUT2D eigenvalue weighted by molar-refractivity contribution is 6.32. The first kappa shape index (κ1) is 19.7. The van der Waals surface area contributed by atoms with E-state index in [0.29, 0.717) is 16.5 Å². The van der Waals surface area contributed by atoms with E-state index >= 15 is 0 Å². The van der Waals surface area contributed by atoms with Gasteiger partial charge in [-0.25, -0.2) is 8.78 Å². The fourth-order valence-corrected chi connectivity index (χ4v) is 2.55. The first-order valence-corrected chi connectivity index (χ1v) is 8.06. The maximum Gasteiger partial charge on any atom is 0.226 e. The predicted molar refractivity (Wildman–Crippen MR) is 95.6 cm³/mol. The van der Waals surface area contributed by atoms with Crippen LogP contribution in [0.1, 0.15) is 13.3 Å². The van der Waals surface area contributed by atoms with Crippen molar-refractivity contribution in [1.82, 2.24) is 0 Å². The van der Waals surface area contributed by atoms with Gasteiger partial charge in [0, 0.05) is 37.3 Å². The number of nitrogens with zero attached hydrogens (tertiary/aromatic N) is 1. The first-order chi connectivity index (χ1) is 12.3. The number of nitrogens with one attached hydrogen (secondary N) is 1. The average Bonchev–Trinajstić information content (AvgIpc) is 2.58. The molecule has 2 rings (SSSR count). The van der Waals surface area contributed by atoms with E-state index in [1.807, 2.05) is 0 Å². The number of hydrogen-bond donors (Lipinski definition) is 1. The highest BCUT2D eigenvalue weighted by Crippen LogP contribution is 2.29. The van der Waals surface area contributed by atoms with E-state index in [2.05, 4.69) is 5.32 Å². The molecule has 26 heavy (non-hydrogen) atoms. The van der Waals surface area contributed by atoms with Gasteiger partial charge in [-0.3, -0.25) is 9.59 Å². The van der Waals surface area contributed by atoms with Crippen LogP contribution >= 0.6 is 11.6 Å². The lowest BCUT2D eigenvalue weighted by Gasteiger charge is -2.21. The van der Waals surface area contributed by atoms with E-state index < -0.39 is 17.5 Å². The third-order valence-electron chi connectivity index (χ3n) is 3.59. The molecule has 0 saturated heterocycles. The van der Waals surface area contributed by atoms with Crippen LogP contribution in [0.15, 0.2) is 36.4 Å². The molecule has 8 heteroatoms. The molecule has 1 N–H and O–H groups in total. The van der Waals surface area contributed by atoms with Crippen LogP contribution in [0, 0.1) is 11.6 Å². The van der Waals surface area contributed by atoms with Crippen molar-refractivity contribution in [2.24, 2.45) is 0 Å². The quantitative estimate of drug-likeness (QED) is 0.821. The highest BCUT2D eigenvalue weighted by Gasteiger charge is 2.15. The van der Waals surface area contributed by atoms with Gasteiger partial charge in [0.1, 0.15) is 5.75 Å². The number of anilines is 2. The SMILES string of the molecule is COc1ccc(N(CCC(=O)Nc2ccc(F)c(F)c2)C(C)=O)cc1Cl. The maximum atomic E-state index is 13.2. The third kappa shape index (κ3) is 4.92. The summed E-state index contributed by atoms with van der Waals surface area (Å²) in [4.78, 5) is 25.3. The molecule has 0 aliphatic rings. The molecule has 0 aromatic heterocycles. The molecule has 0 saturated carbocycles. The van der Waals surface area contributed by atoms with E-state index in [9.17, 15) is 18.4 Å². The van der Waals surface area contributed by atoms with Crippen LogP contribution in [0.25, 0.3) is 0 Å². The zero-order valence-corrected chi connectivity index (χ0v) is 14.9. The summed E-state index contributed by atoms with van der Waals surface area (Å²) in [5, 5.41) is 2.79. The first-order valence-electron chi connectivity index (χ1n) is 7.68. The van der Waals surface area contributed by atoms with Crippen molar-refractivity contribution >= 4 is 34.8 Å². The summed E-state index contributed by atoms with van der Waals surface area (Å²) in [5.41, 5.74) is 0.652.